The van der Waals surface area contributed by atoms with Crippen LogP contribution < -0.4 is 10.2 Å². The number of nitrogens with zero attached hydrogens (tertiary/aromatic N) is 1. The molecule has 1 atom stereocenters. The summed E-state index contributed by atoms with van der Waals surface area (Å²) in [4.78, 5) is 2.58. The fraction of sp³-hybridized carbons (Fsp3) is 0.667. The van der Waals surface area contributed by atoms with E-state index < -0.39 is 0 Å². The summed E-state index contributed by atoms with van der Waals surface area (Å²) in [6, 6.07) is 7.49. The number of rotatable bonds is 6. The maximum absolute atomic E-state index is 3.49. The Morgan fingerprint density at radius 2 is 2.15 bits per heavy atom. The summed E-state index contributed by atoms with van der Waals surface area (Å²) in [5.74, 6) is 0.904. The molecule has 0 saturated carbocycles. The lowest BCUT2D eigenvalue weighted by molar-refractivity contribution is 0.530. The molecule has 2 rings (SSSR count). The molecule has 1 heterocycles. The predicted molar refractivity (Wildman–Crippen MR) is 88.4 cm³/mol. The summed E-state index contributed by atoms with van der Waals surface area (Å²) < 4.78 is 0. The number of aryl methyl sites for hydroxylation is 1. The highest BCUT2D eigenvalue weighted by atomic mass is 15.2. The molecule has 1 aliphatic heterocycles. The van der Waals surface area contributed by atoms with Gasteiger partial charge in [0.15, 0.2) is 0 Å². The van der Waals surface area contributed by atoms with Crippen LogP contribution in [0.1, 0.15) is 51.2 Å². The topological polar surface area (TPSA) is 15.3 Å². The van der Waals surface area contributed by atoms with Crippen LogP contribution in [0.2, 0.25) is 0 Å². The van der Waals surface area contributed by atoms with Crippen molar-refractivity contribution in [2.24, 2.45) is 5.92 Å². The summed E-state index contributed by atoms with van der Waals surface area (Å²) in [5.41, 5.74) is 4.26. The van der Waals surface area contributed by atoms with E-state index in [9.17, 15) is 0 Å². The Kier molecular flexibility index (Phi) is 5.47. The molecule has 1 saturated heterocycles. The van der Waals surface area contributed by atoms with Crippen molar-refractivity contribution in [3.05, 3.63) is 29.3 Å². The van der Waals surface area contributed by atoms with Crippen molar-refractivity contribution < 1.29 is 0 Å². The molecule has 2 heteroatoms. The van der Waals surface area contributed by atoms with Gasteiger partial charge in [-0.05, 0) is 42.9 Å². The highest BCUT2D eigenvalue weighted by Crippen LogP contribution is 2.29. The molecule has 1 aromatic rings. The second kappa shape index (κ2) is 7.12. The maximum atomic E-state index is 3.49. The minimum absolute atomic E-state index is 0.545. The zero-order chi connectivity index (χ0) is 14.5. The van der Waals surface area contributed by atoms with Crippen LogP contribution in [0.25, 0.3) is 0 Å². The quantitative estimate of drug-likeness (QED) is 0.839. The van der Waals surface area contributed by atoms with E-state index in [0.29, 0.717) is 6.04 Å². The Bertz CT molecular complexity index is 425. The Morgan fingerprint density at radius 3 is 2.80 bits per heavy atom. The van der Waals surface area contributed by atoms with Gasteiger partial charge in [0.2, 0.25) is 0 Å². The molecule has 1 unspecified atom stereocenters. The number of benzene rings is 1. The van der Waals surface area contributed by atoms with Gasteiger partial charge in [0, 0.05) is 31.4 Å². The zero-order valence-electron chi connectivity index (χ0n) is 13.6. The zero-order valence-corrected chi connectivity index (χ0v) is 13.6. The van der Waals surface area contributed by atoms with Crippen molar-refractivity contribution in [3.8, 4) is 0 Å². The molecular weight excluding hydrogens is 244 g/mol. The molecule has 20 heavy (non-hydrogen) atoms. The number of anilines is 1. The van der Waals surface area contributed by atoms with Crippen LogP contribution >= 0.6 is 0 Å². The maximum Gasteiger partial charge on any atom is 0.0396 e. The van der Waals surface area contributed by atoms with E-state index in [2.05, 4.69) is 56.1 Å². The molecular formula is C18H30N2. The molecule has 1 aliphatic rings. The minimum Gasteiger partial charge on any atom is -0.371 e. The van der Waals surface area contributed by atoms with Gasteiger partial charge in [-0.2, -0.15) is 0 Å². The number of hydrogen-bond acceptors (Lipinski definition) is 2. The minimum atomic E-state index is 0.545. The van der Waals surface area contributed by atoms with E-state index in [0.717, 1.165) is 12.5 Å². The van der Waals surface area contributed by atoms with E-state index in [1.165, 1.54) is 49.2 Å². The molecule has 0 amide bonds. The van der Waals surface area contributed by atoms with Gasteiger partial charge in [-0.3, -0.25) is 0 Å². The molecule has 0 spiro atoms. The first-order valence-corrected chi connectivity index (χ1v) is 8.18. The number of hydrogen-bond donors (Lipinski definition) is 1. The SMILES string of the molecule is CCCC1CCN(c2ccc(CNC(C)C)cc2C)C1. The van der Waals surface area contributed by atoms with Crippen molar-refractivity contribution >= 4 is 5.69 Å². The molecule has 0 radical (unpaired) electrons. The van der Waals surface area contributed by atoms with E-state index in [4.69, 9.17) is 0 Å². The van der Waals surface area contributed by atoms with Gasteiger partial charge in [-0.1, -0.05) is 39.3 Å². The van der Waals surface area contributed by atoms with E-state index in [1.807, 2.05) is 0 Å². The average Bonchev–Trinajstić information content (AvgIpc) is 2.85. The fourth-order valence-corrected chi connectivity index (χ4v) is 3.20. The van der Waals surface area contributed by atoms with E-state index in [-0.39, 0.29) is 0 Å². The first kappa shape index (κ1) is 15.4. The molecule has 2 nitrogen and oxygen atoms in total. The largest absolute Gasteiger partial charge is 0.371 e. The van der Waals surface area contributed by atoms with Crippen LogP contribution in [0, 0.1) is 12.8 Å². The smallest absolute Gasteiger partial charge is 0.0396 e. The van der Waals surface area contributed by atoms with Crippen molar-refractivity contribution in [2.45, 2.75) is 59.5 Å². The van der Waals surface area contributed by atoms with Gasteiger partial charge in [0.05, 0.1) is 0 Å². The van der Waals surface area contributed by atoms with E-state index in [1.54, 1.807) is 0 Å². The fourth-order valence-electron chi connectivity index (χ4n) is 3.20. The van der Waals surface area contributed by atoms with Gasteiger partial charge in [-0.25, -0.2) is 0 Å². The third-order valence-corrected chi connectivity index (χ3v) is 4.30. The Balaban J connectivity index is 1.99. The molecule has 0 aliphatic carbocycles. The summed E-state index contributed by atoms with van der Waals surface area (Å²) in [7, 11) is 0. The van der Waals surface area contributed by atoms with Crippen LogP contribution in [0.15, 0.2) is 18.2 Å². The van der Waals surface area contributed by atoms with Crippen LogP contribution in [0.4, 0.5) is 5.69 Å². The lowest BCUT2D eigenvalue weighted by Crippen LogP contribution is -2.23. The third-order valence-electron chi connectivity index (χ3n) is 4.30. The Hall–Kier alpha value is -1.02. The van der Waals surface area contributed by atoms with Crippen molar-refractivity contribution in [3.63, 3.8) is 0 Å². The molecule has 0 aromatic heterocycles. The molecule has 0 bridgehead atoms. The lowest BCUT2D eigenvalue weighted by atomic mass is 10.0. The van der Waals surface area contributed by atoms with Crippen LogP contribution in [0.5, 0.6) is 0 Å². The van der Waals surface area contributed by atoms with Crippen LogP contribution in [0.3, 0.4) is 0 Å². The first-order chi connectivity index (χ1) is 9.60. The average molecular weight is 274 g/mol. The molecule has 1 fully saturated rings. The monoisotopic (exact) mass is 274 g/mol. The summed E-state index contributed by atoms with van der Waals surface area (Å²) in [6.07, 6.45) is 4.06. The van der Waals surface area contributed by atoms with Crippen LogP contribution in [-0.4, -0.2) is 19.1 Å². The van der Waals surface area contributed by atoms with E-state index >= 15 is 0 Å². The van der Waals surface area contributed by atoms with Crippen LogP contribution in [-0.2, 0) is 6.54 Å². The third kappa shape index (κ3) is 3.99. The summed E-state index contributed by atoms with van der Waals surface area (Å²) in [6.45, 7) is 12.4. The first-order valence-electron chi connectivity index (χ1n) is 8.18. The van der Waals surface area contributed by atoms with Gasteiger partial charge < -0.3 is 10.2 Å². The normalized spacial score (nSPS) is 19.1. The van der Waals surface area contributed by atoms with Gasteiger partial charge >= 0.3 is 0 Å². The predicted octanol–water partition coefficient (Wildman–Crippen LogP) is 4.12. The Labute approximate surface area is 124 Å². The number of nitrogens with one attached hydrogen (secondary N) is 1. The highest BCUT2D eigenvalue weighted by molar-refractivity contribution is 5.55. The summed E-state index contributed by atoms with van der Waals surface area (Å²) in [5, 5.41) is 3.49. The van der Waals surface area contributed by atoms with Crippen molar-refractivity contribution in [1.29, 1.82) is 0 Å². The van der Waals surface area contributed by atoms with Crippen molar-refractivity contribution in [1.82, 2.24) is 5.32 Å². The van der Waals surface area contributed by atoms with Gasteiger partial charge in [0.25, 0.3) is 0 Å². The highest BCUT2D eigenvalue weighted by Gasteiger charge is 2.22. The summed E-state index contributed by atoms with van der Waals surface area (Å²) >= 11 is 0. The lowest BCUT2D eigenvalue weighted by Gasteiger charge is -2.22. The molecule has 112 valence electrons. The second-order valence-corrected chi connectivity index (χ2v) is 6.55. The van der Waals surface area contributed by atoms with Gasteiger partial charge in [-0.15, -0.1) is 0 Å². The molecule has 1 N–H and O–H groups in total. The van der Waals surface area contributed by atoms with Gasteiger partial charge in [0.1, 0.15) is 0 Å². The Morgan fingerprint density at radius 1 is 1.35 bits per heavy atom. The second-order valence-electron chi connectivity index (χ2n) is 6.55. The van der Waals surface area contributed by atoms with Crippen molar-refractivity contribution in [2.75, 3.05) is 18.0 Å². The molecule has 1 aromatic carbocycles. The standard InChI is InChI=1S/C18H30N2/c1-5-6-16-9-10-20(13-16)18-8-7-17(11-15(18)4)12-19-14(2)3/h7-8,11,14,16,19H,5-6,9-10,12-13H2,1-4H3.